The van der Waals surface area contributed by atoms with E-state index < -0.39 is 5.82 Å². The number of nitrogens with zero attached hydrogens (tertiary/aromatic N) is 3. The smallest absolute Gasteiger partial charge is 0.253 e. The zero-order valence-corrected chi connectivity index (χ0v) is 15.6. The average Bonchev–Trinajstić information content (AvgIpc) is 3.42. The van der Waals surface area contributed by atoms with Crippen molar-refractivity contribution in [3.8, 4) is 0 Å². The number of halogens is 2. The van der Waals surface area contributed by atoms with Gasteiger partial charge in [0.2, 0.25) is 5.89 Å². The first-order chi connectivity index (χ1) is 13.1. The molecular formula is C19H21ClFN3O3. The summed E-state index contributed by atoms with van der Waals surface area (Å²) in [6.07, 6.45) is 4.57. The van der Waals surface area contributed by atoms with Crippen LogP contribution in [-0.4, -0.2) is 46.7 Å². The van der Waals surface area contributed by atoms with Gasteiger partial charge in [0.15, 0.2) is 5.82 Å². The lowest BCUT2D eigenvalue weighted by molar-refractivity contribution is 0.00251. The number of hydrogen-bond donors (Lipinski definition) is 0. The Kier molecular flexibility index (Phi) is 5.41. The van der Waals surface area contributed by atoms with Crippen LogP contribution in [0.1, 0.15) is 53.7 Å². The van der Waals surface area contributed by atoms with Crippen LogP contribution in [0.3, 0.4) is 0 Å². The van der Waals surface area contributed by atoms with E-state index >= 15 is 0 Å². The van der Waals surface area contributed by atoms with Crippen LogP contribution in [0, 0.1) is 5.82 Å². The van der Waals surface area contributed by atoms with Gasteiger partial charge in [-0.15, -0.1) is 0 Å². The zero-order valence-electron chi connectivity index (χ0n) is 14.9. The van der Waals surface area contributed by atoms with Gasteiger partial charge in [0.05, 0.1) is 17.7 Å². The molecule has 27 heavy (non-hydrogen) atoms. The van der Waals surface area contributed by atoms with Crippen LogP contribution in [0.15, 0.2) is 22.7 Å². The number of ether oxygens (including phenoxy) is 1. The molecule has 1 aliphatic carbocycles. The second kappa shape index (κ2) is 7.94. The number of carbonyl (C=O) groups excluding carboxylic acids is 1. The van der Waals surface area contributed by atoms with Gasteiger partial charge in [-0.3, -0.25) is 4.79 Å². The third-order valence-electron chi connectivity index (χ3n) is 4.92. The highest BCUT2D eigenvalue weighted by molar-refractivity contribution is 6.31. The SMILES string of the molecule is O=C(c1ccc(F)c(Cl)c1)N1CCCC(OCCc2noc(C3CC3)n2)C1. The van der Waals surface area contributed by atoms with Crippen molar-refractivity contribution < 1.29 is 18.4 Å². The Morgan fingerprint density at radius 3 is 3.00 bits per heavy atom. The highest BCUT2D eigenvalue weighted by Gasteiger charge is 2.30. The molecule has 6 nitrogen and oxygen atoms in total. The molecule has 0 spiro atoms. The van der Waals surface area contributed by atoms with Gasteiger partial charge in [0.25, 0.3) is 5.91 Å². The monoisotopic (exact) mass is 393 g/mol. The number of hydrogen-bond acceptors (Lipinski definition) is 5. The summed E-state index contributed by atoms with van der Waals surface area (Å²) >= 11 is 5.79. The summed E-state index contributed by atoms with van der Waals surface area (Å²) in [6.45, 7) is 1.65. The van der Waals surface area contributed by atoms with Crippen molar-refractivity contribution in [3.05, 3.63) is 46.3 Å². The summed E-state index contributed by atoms with van der Waals surface area (Å²) < 4.78 is 24.5. The molecule has 1 aromatic heterocycles. The number of aromatic nitrogens is 2. The number of benzene rings is 1. The van der Waals surface area contributed by atoms with Gasteiger partial charge in [-0.2, -0.15) is 4.98 Å². The maximum atomic E-state index is 13.3. The molecule has 1 aromatic carbocycles. The minimum atomic E-state index is -0.528. The Morgan fingerprint density at radius 2 is 2.22 bits per heavy atom. The van der Waals surface area contributed by atoms with E-state index in [1.54, 1.807) is 4.90 Å². The van der Waals surface area contributed by atoms with Gasteiger partial charge in [-0.05, 0) is 43.9 Å². The lowest BCUT2D eigenvalue weighted by Crippen LogP contribution is -2.43. The average molecular weight is 394 g/mol. The van der Waals surface area contributed by atoms with Crippen molar-refractivity contribution in [1.29, 1.82) is 0 Å². The molecule has 2 fully saturated rings. The highest BCUT2D eigenvalue weighted by atomic mass is 35.5. The van der Waals surface area contributed by atoms with E-state index in [1.165, 1.54) is 18.2 Å². The molecule has 2 heterocycles. The maximum absolute atomic E-state index is 13.3. The maximum Gasteiger partial charge on any atom is 0.253 e. The van der Waals surface area contributed by atoms with Gasteiger partial charge >= 0.3 is 0 Å². The van der Waals surface area contributed by atoms with Crippen LogP contribution in [0.5, 0.6) is 0 Å². The van der Waals surface area contributed by atoms with Gasteiger partial charge in [0.1, 0.15) is 5.82 Å². The minimum Gasteiger partial charge on any atom is -0.376 e. The third-order valence-corrected chi connectivity index (χ3v) is 5.21. The highest BCUT2D eigenvalue weighted by Crippen LogP contribution is 2.38. The van der Waals surface area contributed by atoms with E-state index in [9.17, 15) is 9.18 Å². The van der Waals surface area contributed by atoms with Gasteiger partial charge in [-0.1, -0.05) is 16.8 Å². The normalized spacial score (nSPS) is 20.1. The Bertz CT molecular complexity index is 824. The topological polar surface area (TPSA) is 68.5 Å². The number of amides is 1. The molecule has 1 atom stereocenters. The second-order valence-electron chi connectivity index (χ2n) is 7.09. The zero-order chi connectivity index (χ0) is 18.8. The fourth-order valence-electron chi connectivity index (χ4n) is 3.25. The van der Waals surface area contributed by atoms with Crippen molar-refractivity contribution in [2.45, 2.75) is 44.1 Å². The van der Waals surface area contributed by atoms with Crippen LogP contribution < -0.4 is 0 Å². The number of piperidine rings is 1. The van der Waals surface area contributed by atoms with Crippen molar-refractivity contribution >= 4 is 17.5 Å². The lowest BCUT2D eigenvalue weighted by Gasteiger charge is -2.32. The van der Waals surface area contributed by atoms with Crippen molar-refractivity contribution in [1.82, 2.24) is 15.0 Å². The van der Waals surface area contributed by atoms with E-state index in [4.69, 9.17) is 20.9 Å². The molecule has 2 aliphatic rings. The molecule has 0 bridgehead atoms. The van der Waals surface area contributed by atoms with E-state index in [0.717, 1.165) is 31.6 Å². The predicted molar refractivity (Wildman–Crippen MR) is 96.3 cm³/mol. The first kappa shape index (κ1) is 18.4. The second-order valence-corrected chi connectivity index (χ2v) is 7.50. The molecule has 4 rings (SSSR count). The van der Waals surface area contributed by atoms with Crippen LogP contribution in [-0.2, 0) is 11.2 Å². The molecule has 1 unspecified atom stereocenters. The van der Waals surface area contributed by atoms with Crippen LogP contribution in [0.25, 0.3) is 0 Å². The number of rotatable bonds is 6. The number of carbonyl (C=O) groups is 1. The molecule has 8 heteroatoms. The molecule has 1 saturated heterocycles. The summed E-state index contributed by atoms with van der Waals surface area (Å²) in [4.78, 5) is 18.8. The molecule has 1 saturated carbocycles. The van der Waals surface area contributed by atoms with E-state index in [-0.39, 0.29) is 17.0 Å². The lowest BCUT2D eigenvalue weighted by atomic mass is 10.1. The Balaban J connectivity index is 1.28. The summed E-state index contributed by atoms with van der Waals surface area (Å²) in [5.41, 5.74) is 0.390. The van der Waals surface area contributed by atoms with E-state index in [1.807, 2.05) is 0 Å². The predicted octanol–water partition coefficient (Wildman–Crippen LogP) is 3.60. The van der Waals surface area contributed by atoms with Crippen LogP contribution in [0.4, 0.5) is 4.39 Å². The molecule has 2 aromatic rings. The molecule has 1 aliphatic heterocycles. The molecule has 144 valence electrons. The van der Waals surface area contributed by atoms with Gasteiger partial charge in [-0.25, -0.2) is 4.39 Å². The molecule has 1 amide bonds. The van der Waals surface area contributed by atoms with Gasteiger partial charge in [0, 0.05) is 31.0 Å². The van der Waals surface area contributed by atoms with Crippen molar-refractivity contribution in [2.75, 3.05) is 19.7 Å². The summed E-state index contributed by atoms with van der Waals surface area (Å²) in [5.74, 6) is 1.17. The third kappa shape index (κ3) is 4.47. The Hall–Kier alpha value is -1.99. The number of likely N-dealkylation sites (tertiary alicyclic amines) is 1. The largest absolute Gasteiger partial charge is 0.376 e. The fraction of sp³-hybridized carbons (Fsp3) is 0.526. The minimum absolute atomic E-state index is 0.0339. The van der Waals surface area contributed by atoms with Crippen LogP contribution >= 0.6 is 11.6 Å². The summed E-state index contributed by atoms with van der Waals surface area (Å²) in [7, 11) is 0. The first-order valence-electron chi connectivity index (χ1n) is 9.28. The standard InChI is InChI=1S/C19H21ClFN3O3/c20-15-10-13(5-6-16(15)21)19(25)24-8-1-2-14(11-24)26-9-7-17-22-18(27-23-17)12-3-4-12/h5-6,10,12,14H,1-4,7-9,11H2. The van der Waals surface area contributed by atoms with Crippen LogP contribution in [0.2, 0.25) is 5.02 Å². The molecular weight excluding hydrogens is 373 g/mol. The Labute approximate surface area is 161 Å². The van der Waals surface area contributed by atoms with E-state index in [0.29, 0.717) is 43.4 Å². The summed E-state index contributed by atoms with van der Waals surface area (Å²) in [5, 5.41) is 3.94. The fourth-order valence-corrected chi connectivity index (χ4v) is 3.43. The summed E-state index contributed by atoms with van der Waals surface area (Å²) in [6, 6.07) is 4.05. The molecule has 0 N–H and O–H groups in total. The quantitative estimate of drug-likeness (QED) is 0.750. The van der Waals surface area contributed by atoms with Crippen molar-refractivity contribution in [2.24, 2.45) is 0 Å². The Morgan fingerprint density at radius 1 is 1.37 bits per heavy atom. The molecule has 0 radical (unpaired) electrons. The van der Waals surface area contributed by atoms with E-state index in [2.05, 4.69) is 10.1 Å². The van der Waals surface area contributed by atoms with Crippen molar-refractivity contribution in [3.63, 3.8) is 0 Å². The van der Waals surface area contributed by atoms with Gasteiger partial charge < -0.3 is 14.2 Å². The first-order valence-corrected chi connectivity index (χ1v) is 9.66.